The van der Waals surface area contributed by atoms with Gasteiger partial charge in [-0.15, -0.1) is 0 Å². The lowest BCUT2D eigenvalue weighted by Gasteiger charge is -2.30. The van der Waals surface area contributed by atoms with Crippen LogP contribution in [0.25, 0.3) is 33.4 Å². The van der Waals surface area contributed by atoms with Gasteiger partial charge in [0.15, 0.2) is 17.3 Å². The predicted octanol–water partition coefficient (Wildman–Crippen LogP) is 10.6. The van der Waals surface area contributed by atoms with Crippen molar-refractivity contribution in [2.75, 3.05) is 0 Å². The molecule has 0 aliphatic carbocycles. The number of rotatable bonds is 8. The molecule has 2 heterocycles. The number of hydrogen-bond acceptors (Lipinski definition) is 0. The van der Waals surface area contributed by atoms with E-state index in [1.807, 2.05) is 0 Å². The Kier molecular flexibility index (Phi) is 9.04. The second-order valence-electron chi connectivity index (χ2n) is 14.7. The maximum atomic E-state index is 2.45. The van der Waals surface area contributed by atoms with Crippen molar-refractivity contribution in [3.63, 3.8) is 0 Å². The standard InChI is InChI=1S/C49H48N2/c1-35-16-11-12-19-43(35)48(3,4)45-21-15-22-47(51(45)7)49(5,46-20-13-14-33-50(46)6)44-34-42(24-23-36(44)2)41-31-29-40(30-32-41)39-27-25-38(26-28-39)37-17-9-8-10-18-37/h8-34H,1-7H3/q+2. The van der Waals surface area contributed by atoms with Crippen molar-refractivity contribution in [3.05, 3.63) is 203 Å². The molecule has 2 heteroatoms. The van der Waals surface area contributed by atoms with Crippen molar-refractivity contribution in [2.45, 2.75) is 45.4 Å². The summed E-state index contributed by atoms with van der Waals surface area (Å²) in [5, 5.41) is 0. The first-order chi connectivity index (χ1) is 24.6. The van der Waals surface area contributed by atoms with Crippen LogP contribution in [0.15, 0.2) is 164 Å². The molecule has 2 aromatic heterocycles. The molecule has 0 saturated heterocycles. The third-order valence-corrected chi connectivity index (χ3v) is 11.1. The van der Waals surface area contributed by atoms with Crippen LogP contribution in [0, 0.1) is 13.8 Å². The molecule has 0 amide bonds. The van der Waals surface area contributed by atoms with E-state index in [-0.39, 0.29) is 5.41 Å². The van der Waals surface area contributed by atoms with E-state index in [9.17, 15) is 0 Å². The van der Waals surface area contributed by atoms with Gasteiger partial charge in [-0.05, 0) is 102 Å². The monoisotopic (exact) mass is 664 g/mol. The van der Waals surface area contributed by atoms with Gasteiger partial charge in [0.2, 0.25) is 11.4 Å². The summed E-state index contributed by atoms with van der Waals surface area (Å²) in [6.07, 6.45) is 2.17. The van der Waals surface area contributed by atoms with E-state index in [1.54, 1.807) is 0 Å². The van der Waals surface area contributed by atoms with Crippen LogP contribution in [0.5, 0.6) is 0 Å². The molecular formula is C49H48N2+2. The third kappa shape index (κ3) is 6.21. The van der Waals surface area contributed by atoms with Crippen molar-refractivity contribution in [1.29, 1.82) is 0 Å². The summed E-state index contributed by atoms with van der Waals surface area (Å²) in [6, 6.07) is 57.6. The van der Waals surface area contributed by atoms with E-state index in [2.05, 4.69) is 222 Å². The second kappa shape index (κ2) is 13.6. The van der Waals surface area contributed by atoms with Crippen LogP contribution in [0.1, 0.15) is 60.1 Å². The number of aryl methyl sites for hydroxylation is 3. The summed E-state index contributed by atoms with van der Waals surface area (Å²) >= 11 is 0. The quantitative estimate of drug-likeness (QED) is 0.143. The average Bonchev–Trinajstić information content (AvgIpc) is 3.15. The van der Waals surface area contributed by atoms with Crippen LogP contribution >= 0.6 is 0 Å². The van der Waals surface area contributed by atoms with E-state index in [0.717, 1.165) is 0 Å². The van der Waals surface area contributed by atoms with Gasteiger partial charge in [-0.1, -0.05) is 121 Å². The number of hydrogen-bond donors (Lipinski definition) is 0. The highest BCUT2D eigenvalue weighted by atomic mass is 15.0. The molecule has 0 radical (unpaired) electrons. The molecule has 5 aromatic carbocycles. The highest BCUT2D eigenvalue weighted by Crippen LogP contribution is 2.41. The largest absolute Gasteiger partial charge is 0.204 e. The average molecular weight is 665 g/mol. The molecule has 0 aliphatic heterocycles. The van der Waals surface area contributed by atoms with Crippen LogP contribution < -0.4 is 9.13 Å². The molecule has 0 N–H and O–H groups in total. The summed E-state index contributed by atoms with van der Waals surface area (Å²) in [7, 11) is 4.41. The zero-order chi connectivity index (χ0) is 35.8. The number of benzene rings is 5. The summed E-state index contributed by atoms with van der Waals surface area (Å²) in [5.41, 5.74) is 15.7. The number of pyridine rings is 2. The molecule has 0 saturated carbocycles. The van der Waals surface area contributed by atoms with Gasteiger partial charge < -0.3 is 0 Å². The first-order valence-electron chi connectivity index (χ1n) is 18.0. The molecule has 0 aliphatic rings. The van der Waals surface area contributed by atoms with Gasteiger partial charge in [-0.3, -0.25) is 0 Å². The van der Waals surface area contributed by atoms with Gasteiger partial charge in [0.05, 0.1) is 5.41 Å². The van der Waals surface area contributed by atoms with E-state index >= 15 is 0 Å². The van der Waals surface area contributed by atoms with Crippen molar-refractivity contribution in [2.24, 2.45) is 14.1 Å². The van der Waals surface area contributed by atoms with Crippen LogP contribution in [0.4, 0.5) is 0 Å². The summed E-state index contributed by atoms with van der Waals surface area (Å²) in [4.78, 5) is 0. The van der Waals surface area contributed by atoms with Crippen molar-refractivity contribution in [1.82, 2.24) is 0 Å². The van der Waals surface area contributed by atoms with Gasteiger partial charge >= 0.3 is 0 Å². The molecule has 0 spiro atoms. The molecule has 7 aromatic rings. The molecule has 2 nitrogen and oxygen atoms in total. The lowest BCUT2D eigenvalue weighted by molar-refractivity contribution is -0.702. The topological polar surface area (TPSA) is 7.76 Å². The normalized spacial score (nSPS) is 12.8. The fourth-order valence-corrected chi connectivity index (χ4v) is 8.26. The molecule has 51 heavy (non-hydrogen) atoms. The zero-order valence-electron chi connectivity index (χ0n) is 31.0. The number of nitrogens with zero attached hydrogens (tertiary/aromatic N) is 2. The molecule has 0 fully saturated rings. The lowest BCUT2D eigenvalue weighted by Crippen LogP contribution is -2.53. The zero-order valence-corrected chi connectivity index (χ0v) is 31.0. The van der Waals surface area contributed by atoms with E-state index < -0.39 is 5.41 Å². The molecule has 7 rings (SSSR count). The minimum absolute atomic E-state index is 0.198. The van der Waals surface area contributed by atoms with Crippen molar-refractivity contribution in [3.8, 4) is 33.4 Å². The van der Waals surface area contributed by atoms with E-state index in [1.165, 1.54) is 72.7 Å². The fraction of sp³-hybridized carbons (Fsp3) is 0.184. The number of aromatic nitrogens is 2. The first-order valence-corrected chi connectivity index (χ1v) is 18.0. The molecule has 1 unspecified atom stereocenters. The fourth-order valence-electron chi connectivity index (χ4n) is 8.26. The van der Waals surface area contributed by atoms with Crippen LogP contribution in [0.2, 0.25) is 0 Å². The second-order valence-corrected chi connectivity index (χ2v) is 14.7. The summed E-state index contributed by atoms with van der Waals surface area (Å²) in [6.45, 7) is 11.6. The Morgan fingerprint density at radius 1 is 0.392 bits per heavy atom. The van der Waals surface area contributed by atoms with E-state index in [4.69, 9.17) is 0 Å². The highest BCUT2D eigenvalue weighted by molar-refractivity contribution is 5.74. The summed E-state index contributed by atoms with van der Waals surface area (Å²) < 4.78 is 4.73. The Labute approximate surface area is 304 Å². The highest BCUT2D eigenvalue weighted by Gasteiger charge is 2.47. The predicted molar refractivity (Wildman–Crippen MR) is 212 cm³/mol. The van der Waals surface area contributed by atoms with Gasteiger partial charge in [0.1, 0.15) is 14.1 Å². The van der Waals surface area contributed by atoms with Gasteiger partial charge in [0.25, 0.3) is 0 Å². The molecule has 0 bridgehead atoms. The Bertz CT molecular complexity index is 2320. The van der Waals surface area contributed by atoms with Crippen molar-refractivity contribution < 1.29 is 9.13 Å². The Morgan fingerprint density at radius 3 is 1.47 bits per heavy atom. The van der Waals surface area contributed by atoms with Crippen LogP contribution in [-0.4, -0.2) is 0 Å². The van der Waals surface area contributed by atoms with Gasteiger partial charge in [-0.25, -0.2) is 9.13 Å². The van der Waals surface area contributed by atoms with Crippen LogP contribution in [0.3, 0.4) is 0 Å². The van der Waals surface area contributed by atoms with E-state index in [0.29, 0.717) is 0 Å². The van der Waals surface area contributed by atoms with Gasteiger partial charge in [-0.2, -0.15) is 0 Å². The maximum absolute atomic E-state index is 2.45. The first kappa shape index (κ1) is 33.9. The SMILES string of the molecule is Cc1ccccc1C(C)(C)c1cccc(C(C)(c2cc(-c3ccc(-c4ccc(-c5ccccc5)cc4)cc3)ccc2C)c2cccc[n+]2C)[n+]1C. The molecule has 252 valence electrons. The minimum Gasteiger partial charge on any atom is -0.204 e. The Morgan fingerprint density at radius 2 is 0.863 bits per heavy atom. The smallest absolute Gasteiger partial charge is 0.202 e. The Hall–Kier alpha value is -5.60. The maximum Gasteiger partial charge on any atom is 0.202 e. The minimum atomic E-state index is -0.455. The lowest BCUT2D eigenvalue weighted by atomic mass is 9.72. The summed E-state index contributed by atoms with van der Waals surface area (Å²) in [5.74, 6) is 0. The Balaban J connectivity index is 1.31. The third-order valence-electron chi connectivity index (χ3n) is 11.1. The van der Waals surface area contributed by atoms with Crippen molar-refractivity contribution >= 4 is 0 Å². The molecule has 1 atom stereocenters. The molecular weight excluding hydrogens is 617 g/mol. The van der Waals surface area contributed by atoms with Gasteiger partial charge in [0, 0.05) is 24.3 Å². The van der Waals surface area contributed by atoms with Crippen LogP contribution in [-0.2, 0) is 24.9 Å².